The first-order valence-corrected chi connectivity index (χ1v) is 17.0. The summed E-state index contributed by atoms with van der Waals surface area (Å²) in [4.78, 5) is 41.0. The van der Waals surface area contributed by atoms with Gasteiger partial charge >= 0.3 is 11.9 Å². The number of phenols is 1. The fourth-order valence-electron chi connectivity index (χ4n) is 5.87. The Hall–Kier alpha value is -5.71. The number of carbonyl (C=O) groups is 2. The van der Waals surface area contributed by atoms with Crippen molar-refractivity contribution in [1.29, 1.82) is 0 Å². The lowest BCUT2D eigenvalue weighted by molar-refractivity contribution is -0.136. The molecular formula is C42H44N2O8. The molecule has 2 atom stereocenters. The van der Waals surface area contributed by atoms with E-state index in [2.05, 4.69) is 0 Å². The lowest BCUT2D eigenvalue weighted by Crippen LogP contribution is -2.36. The third-order valence-electron chi connectivity index (χ3n) is 8.57. The van der Waals surface area contributed by atoms with Crippen molar-refractivity contribution in [3.8, 4) is 23.0 Å². The number of phenolic OH excluding ortho intramolecular Hbond substituents is 1. The summed E-state index contributed by atoms with van der Waals surface area (Å²) in [5, 5.41) is 11.8. The van der Waals surface area contributed by atoms with Crippen LogP contribution in [0.15, 0.2) is 105 Å². The number of aromatic hydroxyl groups is 1. The average Bonchev–Trinajstić information content (AvgIpc) is 3.10. The zero-order valence-electron chi connectivity index (χ0n) is 30.0. The zero-order valence-corrected chi connectivity index (χ0v) is 30.0. The van der Waals surface area contributed by atoms with E-state index in [1.54, 1.807) is 0 Å². The predicted molar refractivity (Wildman–Crippen MR) is 202 cm³/mol. The number of carbonyl (C=O) groups excluding carboxylic acids is 2. The van der Waals surface area contributed by atoms with E-state index in [1.807, 2.05) is 101 Å². The van der Waals surface area contributed by atoms with E-state index in [1.165, 1.54) is 19.2 Å². The Bertz CT molecular complexity index is 2210. The van der Waals surface area contributed by atoms with Crippen molar-refractivity contribution in [2.45, 2.75) is 65.5 Å². The van der Waals surface area contributed by atoms with Crippen molar-refractivity contribution >= 4 is 33.9 Å². The first kappa shape index (κ1) is 37.5. The average molecular weight is 705 g/mol. The van der Waals surface area contributed by atoms with Gasteiger partial charge < -0.3 is 35.2 Å². The number of methoxy groups -OCH3 is 1. The standard InChI is InChI=1S/C42H44N2O8/c1-24(2)16-18-28-32(51-41(47)30(43)20-26-12-8-6-9-13-26)22-34-37(38(28)45)39(46)36-29(19-17-25(3)4)40(49-5)35(23-33(36)50-34)52-42(48)31(44)21-27-14-10-7-11-15-27/h6-17,22-23,30-31,45H,18-21,43-44H2,1-5H3/t30?,31-/m1/s1. The molecule has 0 aliphatic heterocycles. The third-order valence-corrected chi connectivity index (χ3v) is 8.57. The van der Waals surface area contributed by atoms with Crippen LogP contribution in [0.25, 0.3) is 21.9 Å². The molecule has 0 aliphatic carbocycles. The monoisotopic (exact) mass is 704 g/mol. The molecule has 270 valence electrons. The number of fused-ring (bicyclic) bond motifs is 2. The van der Waals surface area contributed by atoms with E-state index in [4.69, 9.17) is 30.1 Å². The molecule has 0 saturated heterocycles. The molecule has 1 unspecified atom stereocenters. The third kappa shape index (κ3) is 8.59. The van der Waals surface area contributed by atoms with Gasteiger partial charge in [-0.1, -0.05) is 84.0 Å². The lowest BCUT2D eigenvalue weighted by atomic mass is 9.98. The Labute approximate surface area is 302 Å². The number of hydrogen-bond acceptors (Lipinski definition) is 10. The summed E-state index contributed by atoms with van der Waals surface area (Å²) in [6.07, 6.45) is 4.59. The molecule has 52 heavy (non-hydrogen) atoms. The molecule has 4 aromatic carbocycles. The highest BCUT2D eigenvalue weighted by Crippen LogP contribution is 2.42. The molecule has 0 bridgehead atoms. The Morgan fingerprint density at radius 1 is 0.731 bits per heavy atom. The van der Waals surface area contributed by atoms with Crippen LogP contribution in [0.5, 0.6) is 23.0 Å². The number of rotatable bonds is 13. The van der Waals surface area contributed by atoms with E-state index in [-0.39, 0.29) is 76.2 Å². The van der Waals surface area contributed by atoms with Crippen LogP contribution in [0, 0.1) is 0 Å². The van der Waals surface area contributed by atoms with Crippen molar-refractivity contribution in [2.75, 3.05) is 7.11 Å². The summed E-state index contributed by atoms with van der Waals surface area (Å²) >= 11 is 0. The van der Waals surface area contributed by atoms with Gasteiger partial charge in [-0.3, -0.25) is 4.79 Å². The van der Waals surface area contributed by atoms with Gasteiger partial charge in [-0.25, -0.2) is 9.59 Å². The maximum absolute atomic E-state index is 14.5. The molecule has 10 heteroatoms. The molecule has 0 radical (unpaired) electrons. The van der Waals surface area contributed by atoms with Crippen molar-refractivity contribution < 1.29 is 33.3 Å². The second-order valence-electron chi connectivity index (χ2n) is 13.2. The maximum Gasteiger partial charge on any atom is 0.328 e. The molecule has 0 spiro atoms. The molecule has 0 fully saturated rings. The molecule has 1 heterocycles. The fraction of sp³-hybridized carbons (Fsp3) is 0.262. The molecule has 0 saturated carbocycles. The molecule has 5 N–H and O–H groups in total. The number of benzene rings is 4. The molecule has 0 amide bonds. The van der Waals surface area contributed by atoms with E-state index < -0.39 is 29.5 Å². The summed E-state index contributed by atoms with van der Waals surface area (Å²) in [6.45, 7) is 7.61. The number of hydrogen-bond donors (Lipinski definition) is 3. The summed E-state index contributed by atoms with van der Waals surface area (Å²) < 4.78 is 23.7. The van der Waals surface area contributed by atoms with Crippen molar-refractivity contribution in [3.05, 3.63) is 129 Å². The Balaban J connectivity index is 1.65. The molecule has 0 aliphatic rings. The van der Waals surface area contributed by atoms with Crippen LogP contribution in [0.1, 0.15) is 49.9 Å². The molecular weight excluding hydrogens is 660 g/mol. The fourth-order valence-corrected chi connectivity index (χ4v) is 5.87. The van der Waals surface area contributed by atoms with Gasteiger partial charge in [0, 0.05) is 23.3 Å². The molecule has 10 nitrogen and oxygen atoms in total. The Morgan fingerprint density at radius 2 is 1.19 bits per heavy atom. The zero-order chi connectivity index (χ0) is 37.5. The molecule has 5 rings (SSSR count). The topological polar surface area (TPSA) is 164 Å². The highest BCUT2D eigenvalue weighted by atomic mass is 16.6. The predicted octanol–water partition coefficient (Wildman–Crippen LogP) is 6.63. The summed E-state index contributed by atoms with van der Waals surface area (Å²) in [6, 6.07) is 19.4. The minimum Gasteiger partial charge on any atom is -0.507 e. The SMILES string of the molecule is COc1c(OC(=O)[C@H](N)Cc2ccccc2)cc2oc3cc(OC(=O)C(N)Cc4ccccc4)c(CC=C(C)C)c(O)c3c(=O)c2c1CC=C(C)C. The highest BCUT2D eigenvalue weighted by molar-refractivity contribution is 5.98. The van der Waals surface area contributed by atoms with E-state index in [0.29, 0.717) is 5.56 Å². The number of esters is 2. The van der Waals surface area contributed by atoms with Crippen LogP contribution < -0.4 is 31.1 Å². The van der Waals surface area contributed by atoms with Gasteiger partial charge in [-0.15, -0.1) is 0 Å². The van der Waals surface area contributed by atoms with Crippen molar-refractivity contribution in [1.82, 2.24) is 0 Å². The summed E-state index contributed by atoms with van der Waals surface area (Å²) in [7, 11) is 1.41. The molecule has 1 aromatic heterocycles. The summed E-state index contributed by atoms with van der Waals surface area (Å²) in [5.74, 6) is -1.67. The van der Waals surface area contributed by atoms with Crippen LogP contribution in [0.4, 0.5) is 0 Å². The Morgan fingerprint density at radius 3 is 1.69 bits per heavy atom. The quantitative estimate of drug-likeness (QED) is 0.0525. The van der Waals surface area contributed by atoms with E-state index in [0.717, 1.165) is 22.3 Å². The Kier molecular flexibility index (Phi) is 11.9. The van der Waals surface area contributed by atoms with Gasteiger partial charge in [0.2, 0.25) is 5.43 Å². The van der Waals surface area contributed by atoms with Crippen LogP contribution in [0.2, 0.25) is 0 Å². The first-order valence-electron chi connectivity index (χ1n) is 17.0. The van der Waals surface area contributed by atoms with Gasteiger partial charge in [0.15, 0.2) is 11.5 Å². The smallest absolute Gasteiger partial charge is 0.328 e. The van der Waals surface area contributed by atoms with Crippen LogP contribution >= 0.6 is 0 Å². The number of ether oxygens (including phenoxy) is 3. The van der Waals surface area contributed by atoms with Crippen LogP contribution in [-0.2, 0) is 35.3 Å². The van der Waals surface area contributed by atoms with Gasteiger partial charge in [0.05, 0.1) is 12.5 Å². The van der Waals surface area contributed by atoms with Crippen molar-refractivity contribution in [3.63, 3.8) is 0 Å². The second-order valence-corrected chi connectivity index (χ2v) is 13.2. The normalized spacial score (nSPS) is 12.2. The molecule has 5 aromatic rings. The van der Waals surface area contributed by atoms with Gasteiger partial charge in [0.25, 0.3) is 0 Å². The largest absolute Gasteiger partial charge is 0.507 e. The first-order chi connectivity index (χ1) is 24.9. The second kappa shape index (κ2) is 16.5. The van der Waals surface area contributed by atoms with E-state index in [9.17, 15) is 19.5 Å². The maximum atomic E-state index is 14.5. The highest BCUT2D eigenvalue weighted by Gasteiger charge is 2.27. The van der Waals surface area contributed by atoms with Crippen molar-refractivity contribution in [2.24, 2.45) is 11.5 Å². The minimum atomic E-state index is -1.00. The number of allylic oxidation sites excluding steroid dienone is 4. The summed E-state index contributed by atoms with van der Waals surface area (Å²) in [5.41, 5.74) is 16.2. The van der Waals surface area contributed by atoms with Crippen LogP contribution in [-0.4, -0.2) is 36.2 Å². The van der Waals surface area contributed by atoms with E-state index >= 15 is 0 Å². The van der Waals surface area contributed by atoms with Gasteiger partial charge in [0.1, 0.15) is 40.1 Å². The minimum absolute atomic E-state index is 0.00433. The number of nitrogens with two attached hydrogens (primary N) is 2. The van der Waals surface area contributed by atoms with Gasteiger partial charge in [-0.2, -0.15) is 0 Å². The van der Waals surface area contributed by atoms with Gasteiger partial charge in [-0.05, 0) is 64.5 Å². The van der Waals surface area contributed by atoms with Crippen LogP contribution in [0.3, 0.4) is 0 Å². The lowest BCUT2D eigenvalue weighted by Gasteiger charge is -2.18.